The van der Waals surface area contributed by atoms with Gasteiger partial charge in [0.2, 0.25) is 0 Å². The molecule has 0 radical (unpaired) electrons. The monoisotopic (exact) mass is 189 g/mol. The predicted molar refractivity (Wildman–Crippen MR) is 49.6 cm³/mol. The molecule has 2 rings (SSSR count). The zero-order valence-electron chi connectivity index (χ0n) is 7.81. The van der Waals surface area contributed by atoms with Gasteiger partial charge in [0.05, 0.1) is 0 Å². The number of aromatic nitrogens is 2. The highest BCUT2D eigenvalue weighted by Gasteiger charge is 2.17. The second-order valence-corrected chi connectivity index (χ2v) is 3.36. The fraction of sp³-hybridized carbons (Fsp3) is 0.500. The SMILES string of the molecule is N#Cc1ccnc(OC2CCCC2)n1. The standard InChI is InChI=1S/C10H11N3O/c11-7-8-5-6-12-10(13-8)14-9-3-1-2-4-9/h5-6,9H,1-4H2. The van der Waals surface area contributed by atoms with E-state index in [2.05, 4.69) is 9.97 Å². The Labute approximate surface area is 82.6 Å². The van der Waals surface area contributed by atoms with Crippen molar-refractivity contribution >= 4 is 0 Å². The molecule has 0 unspecified atom stereocenters. The van der Waals surface area contributed by atoms with Crippen molar-refractivity contribution in [1.82, 2.24) is 9.97 Å². The maximum Gasteiger partial charge on any atom is 0.317 e. The smallest absolute Gasteiger partial charge is 0.317 e. The predicted octanol–water partition coefficient (Wildman–Crippen LogP) is 1.67. The first-order chi connectivity index (χ1) is 6.88. The quantitative estimate of drug-likeness (QED) is 0.710. The fourth-order valence-electron chi connectivity index (χ4n) is 1.62. The molecule has 1 aliphatic carbocycles. The van der Waals surface area contributed by atoms with E-state index in [1.807, 2.05) is 6.07 Å². The lowest BCUT2D eigenvalue weighted by Gasteiger charge is -2.09. The summed E-state index contributed by atoms with van der Waals surface area (Å²) in [6, 6.07) is 3.86. The minimum Gasteiger partial charge on any atom is -0.460 e. The lowest BCUT2D eigenvalue weighted by atomic mass is 10.3. The molecule has 4 heteroatoms. The van der Waals surface area contributed by atoms with Gasteiger partial charge in [0, 0.05) is 6.20 Å². The molecule has 14 heavy (non-hydrogen) atoms. The summed E-state index contributed by atoms with van der Waals surface area (Å²) in [6.07, 6.45) is 6.35. The first-order valence-corrected chi connectivity index (χ1v) is 4.78. The van der Waals surface area contributed by atoms with Gasteiger partial charge < -0.3 is 4.74 Å². The lowest BCUT2D eigenvalue weighted by Crippen LogP contribution is -2.13. The van der Waals surface area contributed by atoms with Crippen LogP contribution in [0, 0.1) is 11.3 Å². The maximum atomic E-state index is 8.63. The van der Waals surface area contributed by atoms with Crippen molar-refractivity contribution in [3.05, 3.63) is 18.0 Å². The molecule has 0 spiro atoms. The van der Waals surface area contributed by atoms with Gasteiger partial charge in [-0.25, -0.2) is 4.98 Å². The summed E-state index contributed by atoms with van der Waals surface area (Å²) in [5, 5.41) is 8.63. The van der Waals surface area contributed by atoms with Gasteiger partial charge in [0.15, 0.2) is 0 Å². The van der Waals surface area contributed by atoms with Crippen LogP contribution in [-0.2, 0) is 0 Å². The van der Waals surface area contributed by atoms with Crippen molar-refractivity contribution in [2.45, 2.75) is 31.8 Å². The van der Waals surface area contributed by atoms with Gasteiger partial charge in [-0.2, -0.15) is 10.2 Å². The topological polar surface area (TPSA) is 58.8 Å². The number of nitrogens with zero attached hydrogens (tertiary/aromatic N) is 3. The molecule has 1 aromatic heterocycles. The van der Waals surface area contributed by atoms with E-state index in [-0.39, 0.29) is 6.10 Å². The Hall–Kier alpha value is -1.63. The Morgan fingerprint density at radius 1 is 1.43 bits per heavy atom. The molecule has 1 heterocycles. The van der Waals surface area contributed by atoms with Crippen molar-refractivity contribution in [2.24, 2.45) is 0 Å². The third-order valence-electron chi connectivity index (χ3n) is 2.32. The summed E-state index contributed by atoms with van der Waals surface area (Å²) in [6.45, 7) is 0. The summed E-state index contributed by atoms with van der Waals surface area (Å²) in [5.74, 6) is 0. The van der Waals surface area contributed by atoms with Crippen LogP contribution in [0.15, 0.2) is 12.3 Å². The van der Waals surface area contributed by atoms with Crippen LogP contribution < -0.4 is 4.74 Å². The highest BCUT2D eigenvalue weighted by molar-refractivity contribution is 5.19. The van der Waals surface area contributed by atoms with E-state index in [9.17, 15) is 0 Å². The molecule has 0 saturated heterocycles. The second kappa shape index (κ2) is 4.05. The van der Waals surface area contributed by atoms with Crippen LogP contribution in [0.2, 0.25) is 0 Å². The normalized spacial score (nSPS) is 16.5. The van der Waals surface area contributed by atoms with E-state index in [0.29, 0.717) is 11.7 Å². The number of rotatable bonds is 2. The van der Waals surface area contributed by atoms with Crippen LogP contribution in [0.25, 0.3) is 0 Å². The highest BCUT2D eigenvalue weighted by atomic mass is 16.5. The molecule has 1 aromatic rings. The molecule has 0 aliphatic heterocycles. The summed E-state index contributed by atoms with van der Waals surface area (Å²) >= 11 is 0. The van der Waals surface area contributed by atoms with Crippen molar-refractivity contribution in [3.8, 4) is 12.1 Å². The van der Waals surface area contributed by atoms with Crippen LogP contribution in [0.4, 0.5) is 0 Å². The molecular formula is C10H11N3O. The van der Waals surface area contributed by atoms with E-state index >= 15 is 0 Å². The summed E-state index contributed by atoms with van der Waals surface area (Å²) < 4.78 is 5.54. The first kappa shape index (κ1) is 8.95. The van der Waals surface area contributed by atoms with Crippen molar-refractivity contribution in [1.29, 1.82) is 5.26 Å². The molecule has 0 N–H and O–H groups in total. The third-order valence-corrected chi connectivity index (χ3v) is 2.32. The summed E-state index contributed by atoms with van der Waals surface area (Å²) in [7, 11) is 0. The van der Waals surface area contributed by atoms with Crippen LogP contribution >= 0.6 is 0 Å². The Morgan fingerprint density at radius 3 is 2.93 bits per heavy atom. The summed E-state index contributed by atoms with van der Waals surface area (Å²) in [5.41, 5.74) is 0.355. The Morgan fingerprint density at radius 2 is 2.21 bits per heavy atom. The van der Waals surface area contributed by atoms with Crippen LogP contribution in [-0.4, -0.2) is 16.1 Å². The molecule has 1 aliphatic rings. The average molecular weight is 189 g/mol. The van der Waals surface area contributed by atoms with Gasteiger partial charge in [-0.15, -0.1) is 0 Å². The highest BCUT2D eigenvalue weighted by Crippen LogP contribution is 2.21. The third kappa shape index (κ3) is 1.99. The van der Waals surface area contributed by atoms with Crippen LogP contribution in [0.1, 0.15) is 31.4 Å². The summed E-state index contributed by atoms with van der Waals surface area (Å²) in [4.78, 5) is 7.93. The van der Waals surface area contributed by atoms with E-state index in [1.54, 1.807) is 12.3 Å². The van der Waals surface area contributed by atoms with Gasteiger partial charge in [-0.1, -0.05) is 0 Å². The van der Waals surface area contributed by atoms with Crippen molar-refractivity contribution in [2.75, 3.05) is 0 Å². The van der Waals surface area contributed by atoms with Gasteiger partial charge in [0.25, 0.3) is 0 Å². The van der Waals surface area contributed by atoms with Crippen molar-refractivity contribution in [3.63, 3.8) is 0 Å². The minimum atomic E-state index is 0.240. The molecule has 0 bridgehead atoms. The molecule has 0 atom stereocenters. The Balaban J connectivity index is 2.05. The molecule has 0 amide bonds. The van der Waals surface area contributed by atoms with Gasteiger partial charge in [-0.05, 0) is 31.7 Å². The van der Waals surface area contributed by atoms with Crippen molar-refractivity contribution < 1.29 is 4.74 Å². The van der Waals surface area contributed by atoms with E-state index in [1.165, 1.54) is 12.8 Å². The zero-order chi connectivity index (χ0) is 9.80. The number of hydrogen-bond donors (Lipinski definition) is 0. The van der Waals surface area contributed by atoms with Gasteiger partial charge >= 0.3 is 6.01 Å². The molecule has 1 saturated carbocycles. The average Bonchev–Trinajstić information content (AvgIpc) is 2.71. The molecule has 0 aromatic carbocycles. The number of nitriles is 1. The van der Waals surface area contributed by atoms with Crippen LogP contribution in [0.3, 0.4) is 0 Å². The van der Waals surface area contributed by atoms with E-state index < -0.39 is 0 Å². The lowest BCUT2D eigenvalue weighted by molar-refractivity contribution is 0.192. The fourth-order valence-corrected chi connectivity index (χ4v) is 1.62. The molecular weight excluding hydrogens is 178 g/mol. The van der Waals surface area contributed by atoms with Gasteiger partial charge in [-0.3, -0.25) is 0 Å². The Bertz CT molecular complexity index is 353. The Kier molecular flexibility index (Phi) is 2.59. The number of ether oxygens (including phenoxy) is 1. The minimum absolute atomic E-state index is 0.240. The largest absolute Gasteiger partial charge is 0.460 e. The molecule has 1 fully saturated rings. The van der Waals surface area contributed by atoms with E-state index in [4.69, 9.17) is 10.00 Å². The first-order valence-electron chi connectivity index (χ1n) is 4.78. The van der Waals surface area contributed by atoms with Crippen LogP contribution in [0.5, 0.6) is 6.01 Å². The second-order valence-electron chi connectivity index (χ2n) is 3.36. The maximum absolute atomic E-state index is 8.63. The molecule has 4 nitrogen and oxygen atoms in total. The van der Waals surface area contributed by atoms with E-state index in [0.717, 1.165) is 12.8 Å². The zero-order valence-corrected chi connectivity index (χ0v) is 7.81. The molecule has 72 valence electrons. The number of hydrogen-bond acceptors (Lipinski definition) is 4. The van der Waals surface area contributed by atoms with Gasteiger partial charge in [0.1, 0.15) is 17.9 Å².